The zero-order chi connectivity index (χ0) is 24.9. The minimum absolute atomic E-state index is 0.0196. The van der Waals surface area contributed by atoms with Crippen molar-refractivity contribution in [3.63, 3.8) is 0 Å². The number of likely N-dealkylation sites (tertiary alicyclic amines) is 1. The highest BCUT2D eigenvalue weighted by molar-refractivity contribution is 6.46. The maximum Gasteiger partial charge on any atom is 0.295 e. The first-order valence-electron chi connectivity index (χ1n) is 11.3. The summed E-state index contributed by atoms with van der Waals surface area (Å²) in [5.41, 5.74) is 1.04. The van der Waals surface area contributed by atoms with Crippen LogP contribution in [0.15, 0.2) is 66.8 Å². The van der Waals surface area contributed by atoms with Gasteiger partial charge in [0.25, 0.3) is 11.7 Å². The van der Waals surface area contributed by atoms with Crippen LogP contribution >= 0.6 is 11.6 Å². The Bertz CT molecular complexity index is 1240. The van der Waals surface area contributed by atoms with Crippen LogP contribution in [0.5, 0.6) is 11.5 Å². The SMILES string of the molecule is CCOc1ccc([C@H]2/C(=C(\O)c3ccc(Cl)cc3)C(=O)C(=O)N2CCCn2ccnc2)cc1OC. The molecule has 1 fully saturated rings. The smallest absolute Gasteiger partial charge is 0.295 e. The number of nitrogens with zero attached hydrogens (tertiary/aromatic N) is 3. The molecule has 0 saturated carbocycles. The Morgan fingerprint density at radius 1 is 1.11 bits per heavy atom. The van der Waals surface area contributed by atoms with Gasteiger partial charge >= 0.3 is 0 Å². The number of hydrogen-bond donors (Lipinski definition) is 1. The fourth-order valence-corrected chi connectivity index (χ4v) is 4.32. The summed E-state index contributed by atoms with van der Waals surface area (Å²) in [7, 11) is 1.53. The molecule has 1 atom stereocenters. The van der Waals surface area contributed by atoms with Gasteiger partial charge in [-0.15, -0.1) is 0 Å². The molecule has 182 valence electrons. The fourth-order valence-electron chi connectivity index (χ4n) is 4.19. The van der Waals surface area contributed by atoms with Crippen molar-refractivity contribution in [2.24, 2.45) is 0 Å². The van der Waals surface area contributed by atoms with Crippen molar-refractivity contribution < 1.29 is 24.2 Å². The quantitative estimate of drug-likeness (QED) is 0.268. The van der Waals surface area contributed by atoms with E-state index in [0.717, 1.165) is 0 Å². The number of Topliss-reactive ketones (excluding diaryl/α,β-unsaturated/α-hetero) is 1. The number of benzene rings is 2. The lowest BCUT2D eigenvalue weighted by atomic mass is 9.95. The molecule has 0 radical (unpaired) electrons. The van der Waals surface area contributed by atoms with E-state index in [0.29, 0.717) is 53.8 Å². The molecule has 0 unspecified atom stereocenters. The van der Waals surface area contributed by atoms with Crippen molar-refractivity contribution in [3.8, 4) is 11.5 Å². The van der Waals surface area contributed by atoms with Crippen molar-refractivity contribution in [1.29, 1.82) is 0 Å². The number of ketones is 1. The van der Waals surface area contributed by atoms with Gasteiger partial charge in [0, 0.05) is 36.1 Å². The monoisotopic (exact) mass is 495 g/mol. The second-order valence-corrected chi connectivity index (χ2v) is 8.43. The molecule has 1 saturated heterocycles. The van der Waals surface area contributed by atoms with Gasteiger partial charge in [-0.1, -0.05) is 17.7 Å². The highest BCUT2D eigenvalue weighted by atomic mass is 35.5. The molecule has 2 aromatic carbocycles. The molecule has 1 N–H and O–H groups in total. The van der Waals surface area contributed by atoms with Gasteiger partial charge in [-0.2, -0.15) is 0 Å². The molecule has 4 rings (SSSR count). The predicted octanol–water partition coefficient (Wildman–Crippen LogP) is 4.46. The molecule has 0 aliphatic carbocycles. The van der Waals surface area contributed by atoms with Gasteiger partial charge < -0.3 is 24.0 Å². The van der Waals surface area contributed by atoms with E-state index in [2.05, 4.69) is 4.98 Å². The van der Waals surface area contributed by atoms with Crippen LogP contribution in [0.4, 0.5) is 0 Å². The number of imidazole rings is 1. The number of aromatic nitrogens is 2. The average Bonchev–Trinajstić information content (AvgIpc) is 3.47. The topological polar surface area (TPSA) is 93.9 Å². The maximum absolute atomic E-state index is 13.2. The Labute approximate surface area is 208 Å². The zero-order valence-electron chi connectivity index (χ0n) is 19.5. The average molecular weight is 496 g/mol. The number of hydrogen-bond acceptors (Lipinski definition) is 6. The molecular weight excluding hydrogens is 470 g/mol. The van der Waals surface area contributed by atoms with Gasteiger partial charge in [0.15, 0.2) is 11.5 Å². The number of amides is 1. The summed E-state index contributed by atoms with van der Waals surface area (Å²) in [6.45, 7) is 3.26. The molecule has 35 heavy (non-hydrogen) atoms. The maximum atomic E-state index is 13.2. The third kappa shape index (κ3) is 5.02. The number of carbonyl (C=O) groups excluding carboxylic acids is 2. The van der Waals surface area contributed by atoms with E-state index in [1.165, 1.54) is 12.0 Å². The number of carbonyl (C=O) groups is 2. The van der Waals surface area contributed by atoms with Crippen LogP contribution in [0, 0.1) is 0 Å². The van der Waals surface area contributed by atoms with Gasteiger partial charge in [-0.25, -0.2) is 4.98 Å². The summed E-state index contributed by atoms with van der Waals surface area (Å²) >= 11 is 5.99. The van der Waals surface area contributed by atoms with Gasteiger partial charge in [0.1, 0.15) is 5.76 Å². The van der Waals surface area contributed by atoms with E-state index in [1.807, 2.05) is 17.7 Å². The fraction of sp³-hybridized carbons (Fsp3) is 0.269. The van der Waals surface area contributed by atoms with Gasteiger partial charge in [-0.3, -0.25) is 9.59 Å². The van der Waals surface area contributed by atoms with Crippen LogP contribution < -0.4 is 9.47 Å². The number of aliphatic hydroxyl groups excluding tert-OH is 1. The first-order chi connectivity index (χ1) is 16.9. The Balaban J connectivity index is 1.77. The molecule has 0 bridgehead atoms. The number of halogens is 1. The van der Waals surface area contributed by atoms with Crippen molar-refractivity contribution in [3.05, 3.63) is 82.9 Å². The Morgan fingerprint density at radius 2 is 1.89 bits per heavy atom. The Hall–Kier alpha value is -3.78. The minimum Gasteiger partial charge on any atom is -0.507 e. The van der Waals surface area contributed by atoms with Crippen LogP contribution in [0.25, 0.3) is 5.76 Å². The van der Waals surface area contributed by atoms with E-state index in [-0.39, 0.29) is 11.3 Å². The molecule has 1 aliphatic heterocycles. The summed E-state index contributed by atoms with van der Waals surface area (Å²) < 4.78 is 13.0. The van der Waals surface area contributed by atoms with E-state index >= 15 is 0 Å². The van der Waals surface area contributed by atoms with Gasteiger partial charge in [0.05, 0.1) is 31.7 Å². The lowest BCUT2D eigenvalue weighted by Crippen LogP contribution is -2.31. The second kappa shape index (κ2) is 10.7. The van der Waals surface area contributed by atoms with Gasteiger partial charge in [0.2, 0.25) is 0 Å². The third-order valence-electron chi connectivity index (χ3n) is 5.84. The molecule has 8 nitrogen and oxygen atoms in total. The van der Waals surface area contributed by atoms with Crippen molar-refractivity contribution in [2.45, 2.75) is 25.9 Å². The number of aliphatic hydroxyl groups is 1. The zero-order valence-corrected chi connectivity index (χ0v) is 20.2. The third-order valence-corrected chi connectivity index (χ3v) is 6.09. The molecule has 1 amide bonds. The Kier molecular flexibility index (Phi) is 7.41. The van der Waals surface area contributed by atoms with Crippen LogP contribution in [0.2, 0.25) is 5.02 Å². The van der Waals surface area contributed by atoms with Crippen LogP contribution in [0.3, 0.4) is 0 Å². The van der Waals surface area contributed by atoms with Crippen LogP contribution in [0.1, 0.15) is 30.5 Å². The Morgan fingerprint density at radius 3 is 2.54 bits per heavy atom. The first kappa shape index (κ1) is 24.3. The molecule has 1 aromatic heterocycles. The van der Waals surface area contributed by atoms with E-state index in [4.69, 9.17) is 21.1 Å². The predicted molar refractivity (Wildman–Crippen MR) is 131 cm³/mol. The first-order valence-corrected chi connectivity index (χ1v) is 11.6. The van der Waals surface area contributed by atoms with E-state index in [1.54, 1.807) is 55.0 Å². The minimum atomic E-state index is -0.793. The summed E-state index contributed by atoms with van der Waals surface area (Å²) in [5, 5.41) is 11.7. The lowest BCUT2D eigenvalue weighted by molar-refractivity contribution is -0.139. The number of aryl methyl sites for hydroxylation is 1. The summed E-state index contributed by atoms with van der Waals surface area (Å²) in [6.07, 6.45) is 5.81. The van der Waals surface area contributed by atoms with E-state index in [9.17, 15) is 14.7 Å². The van der Waals surface area contributed by atoms with Crippen LogP contribution in [-0.4, -0.2) is 51.5 Å². The number of methoxy groups -OCH3 is 1. The number of rotatable bonds is 9. The van der Waals surface area contributed by atoms with Crippen molar-refractivity contribution in [1.82, 2.24) is 14.5 Å². The van der Waals surface area contributed by atoms with Crippen molar-refractivity contribution >= 4 is 29.1 Å². The summed E-state index contributed by atoms with van der Waals surface area (Å²) in [4.78, 5) is 31.9. The number of ether oxygens (including phenoxy) is 2. The van der Waals surface area contributed by atoms with Crippen LogP contribution in [-0.2, 0) is 16.1 Å². The highest BCUT2D eigenvalue weighted by Gasteiger charge is 2.46. The standard InChI is InChI=1S/C26H26ClN3O5/c1-3-35-20-10-7-18(15-21(20)34-2)23-22(24(31)17-5-8-19(27)9-6-17)25(32)26(33)30(23)13-4-12-29-14-11-28-16-29/h5-11,14-16,23,31H,3-4,12-13H2,1-2H3/b24-22+/t23-/m0/s1. The normalized spacial score (nSPS) is 17.1. The molecular formula is C26H26ClN3O5. The largest absolute Gasteiger partial charge is 0.507 e. The molecule has 1 aliphatic rings. The summed E-state index contributed by atoms with van der Waals surface area (Å²) in [5.74, 6) is -0.634. The second-order valence-electron chi connectivity index (χ2n) is 8.00. The molecule has 9 heteroatoms. The molecule has 0 spiro atoms. The lowest BCUT2D eigenvalue weighted by Gasteiger charge is -2.26. The molecule has 3 aromatic rings. The summed E-state index contributed by atoms with van der Waals surface area (Å²) in [6, 6.07) is 10.9. The highest BCUT2D eigenvalue weighted by Crippen LogP contribution is 2.42. The molecule has 2 heterocycles. The van der Waals surface area contributed by atoms with Crippen molar-refractivity contribution in [2.75, 3.05) is 20.3 Å². The van der Waals surface area contributed by atoms with Gasteiger partial charge in [-0.05, 0) is 55.3 Å². The van der Waals surface area contributed by atoms with E-state index < -0.39 is 17.7 Å².